The molecule has 0 bridgehead atoms. The number of halogens is 1. The van der Waals surface area contributed by atoms with E-state index in [9.17, 15) is 0 Å². The fraction of sp³-hybridized carbons (Fsp3) is 0.455. The van der Waals surface area contributed by atoms with Crippen LogP contribution in [0, 0.1) is 0 Å². The maximum absolute atomic E-state index is 3.59. The Morgan fingerprint density at radius 2 is 2.14 bits per heavy atom. The van der Waals surface area contributed by atoms with Gasteiger partial charge in [0.15, 0.2) is 0 Å². The number of rotatable bonds is 0. The Morgan fingerprint density at radius 1 is 1.43 bits per heavy atom. The van der Waals surface area contributed by atoms with Crippen LogP contribution in [0.25, 0.3) is 0 Å². The summed E-state index contributed by atoms with van der Waals surface area (Å²) >= 11 is 3.59. The molecule has 0 radical (unpaired) electrons. The summed E-state index contributed by atoms with van der Waals surface area (Å²) in [5.74, 6) is 0. The molecule has 1 aliphatic heterocycles. The smallest absolute Gasteiger partial charge is 0.0748 e. The predicted octanol–water partition coefficient (Wildman–Crippen LogP) is 3.09. The highest BCUT2D eigenvalue weighted by atomic mass is 79.9. The minimum Gasteiger partial charge on any atom is -0.381 e. The number of nitrogens with zero attached hydrogens (tertiary/aromatic N) is 1. The minimum atomic E-state index is 0.164. The van der Waals surface area contributed by atoms with Gasteiger partial charge in [-0.05, 0) is 41.9 Å². The highest BCUT2D eigenvalue weighted by Crippen LogP contribution is 2.39. The normalized spacial score (nSPS) is 18.7. The van der Waals surface area contributed by atoms with Gasteiger partial charge in [0, 0.05) is 18.1 Å². The van der Waals surface area contributed by atoms with Gasteiger partial charge >= 0.3 is 0 Å². The molecule has 3 heteroatoms. The molecule has 0 saturated heterocycles. The summed E-state index contributed by atoms with van der Waals surface area (Å²) in [6, 6.07) is 6.26. The summed E-state index contributed by atoms with van der Waals surface area (Å²) in [5.41, 5.74) is 2.63. The molecule has 0 spiro atoms. The first-order valence-electron chi connectivity index (χ1n) is 4.78. The molecule has 1 N–H and O–H groups in total. The molecule has 0 aromatic heterocycles. The van der Waals surface area contributed by atoms with Crippen LogP contribution in [0.15, 0.2) is 22.7 Å². The van der Waals surface area contributed by atoms with Crippen molar-refractivity contribution in [3.05, 3.63) is 22.7 Å². The number of hydrogen-bond donors (Lipinski definition) is 1. The van der Waals surface area contributed by atoms with E-state index < -0.39 is 0 Å². The highest BCUT2D eigenvalue weighted by molar-refractivity contribution is 9.10. The lowest BCUT2D eigenvalue weighted by Crippen LogP contribution is -2.50. The Labute approximate surface area is 93.4 Å². The van der Waals surface area contributed by atoms with E-state index in [0.717, 1.165) is 11.0 Å². The zero-order valence-corrected chi connectivity index (χ0v) is 10.4. The molecule has 0 unspecified atom stereocenters. The van der Waals surface area contributed by atoms with Crippen LogP contribution in [0.2, 0.25) is 0 Å². The SMILES string of the molecule is CN1c2c(Br)cccc2NCC1(C)C. The molecule has 1 aromatic carbocycles. The van der Waals surface area contributed by atoms with Crippen LogP contribution in [0.4, 0.5) is 11.4 Å². The minimum absolute atomic E-state index is 0.164. The van der Waals surface area contributed by atoms with E-state index in [1.807, 2.05) is 0 Å². The summed E-state index contributed by atoms with van der Waals surface area (Å²) < 4.78 is 1.15. The van der Waals surface area contributed by atoms with Gasteiger partial charge in [0.1, 0.15) is 0 Å². The molecule has 2 rings (SSSR count). The van der Waals surface area contributed by atoms with Crippen molar-refractivity contribution >= 4 is 27.3 Å². The quantitative estimate of drug-likeness (QED) is 0.766. The van der Waals surface area contributed by atoms with Gasteiger partial charge in [0.25, 0.3) is 0 Å². The number of anilines is 2. The van der Waals surface area contributed by atoms with Crippen molar-refractivity contribution in [2.75, 3.05) is 23.8 Å². The first kappa shape index (κ1) is 9.84. The van der Waals surface area contributed by atoms with E-state index in [2.05, 4.69) is 65.2 Å². The average molecular weight is 255 g/mol. The molecule has 14 heavy (non-hydrogen) atoms. The molecule has 0 aliphatic carbocycles. The van der Waals surface area contributed by atoms with E-state index in [0.29, 0.717) is 0 Å². The molecule has 76 valence electrons. The number of para-hydroxylation sites is 1. The lowest BCUT2D eigenvalue weighted by atomic mass is 9.99. The van der Waals surface area contributed by atoms with Crippen LogP contribution in [0.3, 0.4) is 0 Å². The monoisotopic (exact) mass is 254 g/mol. The summed E-state index contributed by atoms with van der Waals surface area (Å²) in [5, 5.41) is 3.45. The van der Waals surface area contributed by atoms with Gasteiger partial charge in [-0.2, -0.15) is 0 Å². The number of benzene rings is 1. The Balaban J connectivity index is 2.54. The van der Waals surface area contributed by atoms with E-state index in [1.165, 1.54) is 11.4 Å². The van der Waals surface area contributed by atoms with E-state index in [1.54, 1.807) is 0 Å². The van der Waals surface area contributed by atoms with E-state index >= 15 is 0 Å². The Hall–Kier alpha value is -0.700. The molecule has 1 heterocycles. The first-order valence-corrected chi connectivity index (χ1v) is 5.58. The third-order valence-electron chi connectivity index (χ3n) is 2.94. The average Bonchev–Trinajstić information content (AvgIpc) is 2.12. The van der Waals surface area contributed by atoms with Crippen LogP contribution in [-0.2, 0) is 0 Å². The van der Waals surface area contributed by atoms with Crippen molar-refractivity contribution in [1.29, 1.82) is 0 Å². The van der Waals surface area contributed by atoms with Crippen molar-refractivity contribution in [2.24, 2.45) is 0 Å². The van der Waals surface area contributed by atoms with Crippen molar-refractivity contribution in [3.63, 3.8) is 0 Å². The lowest BCUT2D eigenvalue weighted by molar-refractivity contribution is 0.502. The number of fused-ring (bicyclic) bond motifs is 1. The molecule has 0 amide bonds. The first-order chi connectivity index (χ1) is 6.52. The van der Waals surface area contributed by atoms with Gasteiger partial charge in [-0.25, -0.2) is 0 Å². The van der Waals surface area contributed by atoms with Gasteiger partial charge in [0.2, 0.25) is 0 Å². The van der Waals surface area contributed by atoms with Crippen LogP contribution < -0.4 is 10.2 Å². The number of hydrogen-bond acceptors (Lipinski definition) is 2. The summed E-state index contributed by atoms with van der Waals surface area (Å²) in [6.07, 6.45) is 0. The second-order valence-corrected chi connectivity index (χ2v) is 5.22. The molecule has 0 fully saturated rings. The Kier molecular flexibility index (Phi) is 2.22. The molecule has 0 atom stereocenters. The molecule has 0 saturated carbocycles. The maximum Gasteiger partial charge on any atom is 0.0748 e. The van der Waals surface area contributed by atoms with Crippen LogP contribution in [0.1, 0.15) is 13.8 Å². The third-order valence-corrected chi connectivity index (χ3v) is 3.58. The van der Waals surface area contributed by atoms with Gasteiger partial charge < -0.3 is 10.2 Å². The van der Waals surface area contributed by atoms with Crippen molar-refractivity contribution in [1.82, 2.24) is 0 Å². The van der Waals surface area contributed by atoms with Gasteiger partial charge in [0.05, 0.1) is 16.9 Å². The molecule has 2 nitrogen and oxygen atoms in total. The van der Waals surface area contributed by atoms with Crippen molar-refractivity contribution in [3.8, 4) is 0 Å². The standard InChI is InChI=1S/C11H15BrN2/c1-11(2)7-13-9-6-4-5-8(12)10(9)14(11)3/h4-6,13H,7H2,1-3H3. The van der Waals surface area contributed by atoms with Gasteiger partial charge in [-0.1, -0.05) is 6.07 Å². The van der Waals surface area contributed by atoms with E-state index in [-0.39, 0.29) is 5.54 Å². The summed E-state index contributed by atoms with van der Waals surface area (Å²) in [4.78, 5) is 2.32. The Bertz CT molecular complexity index is 360. The largest absolute Gasteiger partial charge is 0.381 e. The third kappa shape index (κ3) is 1.40. The highest BCUT2D eigenvalue weighted by Gasteiger charge is 2.30. The molecular weight excluding hydrogens is 240 g/mol. The zero-order chi connectivity index (χ0) is 10.3. The molecule has 1 aromatic rings. The van der Waals surface area contributed by atoms with Crippen molar-refractivity contribution < 1.29 is 0 Å². The van der Waals surface area contributed by atoms with E-state index in [4.69, 9.17) is 0 Å². The number of likely N-dealkylation sites (N-methyl/N-ethyl adjacent to an activating group) is 1. The summed E-state index contributed by atoms with van der Waals surface area (Å²) in [6.45, 7) is 5.46. The van der Waals surface area contributed by atoms with Crippen LogP contribution >= 0.6 is 15.9 Å². The van der Waals surface area contributed by atoms with Crippen LogP contribution in [-0.4, -0.2) is 19.1 Å². The second-order valence-electron chi connectivity index (χ2n) is 4.36. The molecule has 1 aliphatic rings. The fourth-order valence-corrected chi connectivity index (χ4v) is 2.36. The van der Waals surface area contributed by atoms with Crippen molar-refractivity contribution in [2.45, 2.75) is 19.4 Å². The van der Waals surface area contributed by atoms with Gasteiger partial charge in [-0.3, -0.25) is 0 Å². The van der Waals surface area contributed by atoms with Crippen LogP contribution in [0.5, 0.6) is 0 Å². The van der Waals surface area contributed by atoms with Gasteiger partial charge in [-0.15, -0.1) is 0 Å². The lowest BCUT2D eigenvalue weighted by Gasteiger charge is -2.43. The number of nitrogens with one attached hydrogen (secondary N) is 1. The topological polar surface area (TPSA) is 15.3 Å². The Morgan fingerprint density at radius 3 is 2.86 bits per heavy atom. The predicted molar refractivity (Wildman–Crippen MR) is 65.1 cm³/mol. The maximum atomic E-state index is 3.59. The fourth-order valence-electron chi connectivity index (χ4n) is 1.73. The second kappa shape index (κ2) is 3.16. The molecular formula is C11H15BrN2. The zero-order valence-electron chi connectivity index (χ0n) is 8.76. The summed E-state index contributed by atoms with van der Waals surface area (Å²) in [7, 11) is 2.14.